The molecule has 0 aromatic carbocycles. The van der Waals surface area contributed by atoms with Gasteiger partial charge in [-0.3, -0.25) is 0 Å². The molecular formula is C14H19N5O. The zero-order valence-electron chi connectivity index (χ0n) is 11.7. The standard InChI is InChI=1S/C14H19N5O/c1-18-8-11-9-19(12-2-4-20-5-3-12)16-7-10-6-15-17-14(18)13(10)11/h6-7,12,16H,2-5,8-9H2,1H3. The molecule has 0 bridgehead atoms. The summed E-state index contributed by atoms with van der Waals surface area (Å²) >= 11 is 0. The number of nitrogens with zero attached hydrogens (tertiary/aromatic N) is 4. The number of hydrazine groups is 1. The molecule has 0 spiro atoms. The van der Waals surface area contributed by atoms with Gasteiger partial charge in [-0.05, 0) is 18.4 Å². The van der Waals surface area contributed by atoms with Gasteiger partial charge >= 0.3 is 0 Å². The molecule has 6 nitrogen and oxygen atoms in total. The number of hydrogen-bond acceptors (Lipinski definition) is 6. The highest BCUT2D eigenvalue weighted by Gasteiger charge is 2.27. The Kier molecular flexibility index (Phi) is 2.85. The minimum atomic E-state index is 0.539. The second-order valence-electron chi connectivity index (χ2n) is 5.70. The molecule has 0 saturated carbocycles. The van der Waals surface area contributed by atoms with Crippen molar-refractivity contribution < 1.29 is 4.74 Å². The fourth-order valence-electron chi connectivity index (χ4n) is 3.33. The van der Waals surface area contributed by atoms with Crippen LogP contribution in [0.5, 0.6) is 0 Å². The van der Waals surface area contributed by atoms with Gasteiger partial charge < -0.3 is 15.1 Å². The third-order valence-corrected chi connectivity index (χ3v) is 4.38. The molecule has 0 radical (unpaired) electrons. The third-order valence-electron chi connectivity index (χ3n) is 4.38. The van der Waals surface area contributed by atoms with Crippen molar-refractivity contribution in [1.29, 1.82) is 0 Å². The second-order valence-corrected chi connectivity index (χ2v) is 5.70. The first-order chi connectivity index (χ1) is 9.83. The van der Waals surface area contributed by atoms with Crippen LogP contribution in [0.2, 0.25) is 0 Å². The van der Waals surface area contributed by atoms with Gasteiger partial charge in [0.25, 0.3) is 0 Å². The van der Waals surface area contributed by atoms with Crippen LogP contribution in [0.15, 0.2) is 6.20 Å². The molecule has 3 aliphatic rings. The Balaban J connectivity index is 1.73. The molecule has 3 aliphatic heterocycles. The fourth-order valence-corrected chi connectivity index (χ4v) is 3.33. The maximum absolute atomic E-state index is 5.46. The third kappa shape index (κ3) is 1.87. The van der Waals surface area contributed by atoms with Crippen LogP contribution in [0.1, 0.15) is 12.8 Å². The largest absolute Gasteiger partial charge is 0.381 e. The molecular weight excluding hydrogens is 254 g/mol. The van der Waals surface area contributed by atoms with Crippen LogP contribution in [0.3, 0.4) is 0 Å². The lowest BCUT2D eigenvalue weighted by Crippen LogP contribution is -2.46. The van der Waals surface area contributed by atoms with E-state index in [0.717, 1.165) is 50.2 Å². The molecule has 0 amide bonds. The van der Waals surface area contributed by atoms with Gasteiger partial charge in [0, 0.05) is 56.0 Å². The molecule has 6 heteroatoms. The molecule has 1 saturated heterocycles. The normalized spacial score (nSPS) is 23.1. The first-order valence-electron chi connectivity index (χ1n) is 7.18. The molecule has 4 heterocycles. The van der Waals surface area contributed by atoms with Gasteiger partial charge in [0.1, 0.15) is 0 Å². The second kappa shape index (κ2) is 4.71. The maximum Gasteiger partial charge on any atom is 0.159 e. The summed E-state index contributed by atoms with van der Waals surface area (Å²) in [6.45, 7) is 3.60. The van der Waals surface area contributed by atoms with Crippen molar-refractivity contribution in [2.45, 2.75) is 18.9 Å². The van der Waals surface area contributed by atoms with E-state index in [4.69, 9.17) is 4.74 Å². The number of anilines is 1. The van der Waals surface area contributed by atoms with E-state index in [9.17, 15) is 0 Å². The first kappa shape index (κ1) is 12.1. The average Bonchev–Trinajstić information content (AvgIpc) is 2.69. The minimum Gasteiger partial charge on any atom is -0.381 e. The van der Waals surface area contributed by atoms with Gasteiger partial charge in [-0.25, -0.2) is 5.01 Å². The maximum atomic E-state index is 5.46. The Morgan fingerprint density at radius 2 is 2.15 bits per heavy atom. The molecule has 4 rings (SSSR count). The Labute approximate surface area is 117 Å². The van der Waals surface area contributed by atoms with Crippen LogP contribution in [0.25, 0.3) is 11.8 Å². The lowest BCUT2D eigenvalue weighted by Gasteiger charge is -2.34. The molecule has 1 fully saturated rings. The summed E-state index contributed by atoms with van der Waals surface area (Å²) in [4.78, 5) is 2.18. The molecule has 1 aromatic heterocycles. The van der Waals surface area contributed by atoms with Gasteiger partial charge in [-0.2, -0.15) is 5.10 Å². The number of ether oxygens (including phenoxy) is 1. The number of hydrogen-bond donors (Lipinski definition) is 1. The van der Waals surface area contributed by atoms with E-state index in [1.165, 1.54) is 10.8 Å². The van der Waals surface area contributed by atoms with Crippen LogP contribution in [0, 0.1) is 0 Å². The number of rotatable bonds is 1. The van der Waals surface area contributed by atoms with Crippen molar-refractivity contribution in [2.75, 3.05) is 38.3 Å². The molecule has 106 valence electrons. The lowest BCUT2D eigenvalue weighted by atomic mass is 10.1. The molecule has 0 atom stereocenters. The summed E-state index contributed by atoms with van der Waals surface area (Å²) in [5, 5.41) is 13.2. The Bertz CT molecular complexity index is 637. The fraction of sp³-hybridized carbons (Fsp3) is 0.571. The highest BCUT2D eigenvalue weighted by atomic mass is 16.5. The lowest BCUT2D eigenvalue weighted by molar-refractivity contribution is 0.0285. The topological polar surface area (TPSA) is 53.5 Å². The molecule has 1 N–H and O–H groups in total. The SMILES string of the molecule is CN1CC2=c3c1nncc3=CNN(C1CCOCC1)C2. The molecule has 20 heavy (non-hydrogen) atoms. The Hall–Kier alpha value is -1.66. The monoisotopic (exact) mass is 273 g/mol. The van der Waals surface area contributed by atoms with Crippen molar-refractivity contribution in [3.8, 4) is 0 Å². The minimum absolute atomic E-state index is 0.539. The van der Waals surface area contributed by atoms with Crippen LogP contribution in [0.4, 0.5) is 5.82 Å². The summed E-state index contributed by atoms with van der Waals surface area (Å²) in [7, 11) is 2.08. The zero-order valence-corrected chi connectivity index (χ0v) is 11.7. The van der Waals surface area contributed by atoms with E-state index in [2.05, 4.69) is 38.8 Å². The van der Waals surface area contributed by atoms with E-state index in [0.29, 0.717) is 6.04 Å². The molecule has 0 unspecified atom stereocenters. The van der Waals surface area contributed by atoms with E-state index >= 15 is 0 Å². The highest BCUT2D eigenvalue weighted by Crippen LogP contribution is 2.18. The van der Waals surface area contributed by atoms with Crippen LogP contribution in [-0.4, -0.2) is 54.6 Å². The van der Waals surface area contributed by atoms with Crippen molar-refractivity contribution in [3.63, 3.8) is 0 Å². The zero-order chi connectivity index (χ0) is 13.5. The van der Waals surface area contributed by atoms with Crippen LogP contribution in [-0.2, 0) is 4.74 Å². The van der Waals surface area contributed by atoms with E-state index in [1.807, 2.05) is 6.20 Å². The quantitative estimate of drug-likeness (QED) is 0.695. The number of aromatic nitrogens is 2. The van der Waals surface area contributed by atoms with Crippen molar-refractivity contribution in [1.82, 2.24) is 20.6 Å². The van der Waals surface area contributed by atoms with Gasteiger partial charge in [-0.1, -0.05) is 0 Å². The van der Waals surface area contributed by atoms with E-state index < -0.39 is 0 Å². The molecule has 0 aliphatic carbocycles. The van der Waals surface area contributed by atoms with Crippen molar-refractivity contribution in [3.05, 3.63) is 16.6 Å². The van der Waals surface area contributed by atoms with Gasteiger partial charge in [0.2, 0.25) is 0 Å². The van der Waals surface area contributed by atoms with Gasteiger partial charge in [0.15, 0.2) is 5.82 Å². The first-order valence-corrected chi connectivity index (χ1v) is 7.18. The van der Waals surface area contributed by atoms with E-state index in [1.54, 1.807) is 0 Å². The Morgan fingerprint density at radius 3 is 3.00 bits per heavy atom. The van der Waals surface area contributed by atoms with Crippen LogP contribution < -0.4 is 20.8 Å². The smallest absolute Gasteiger partial charge is 0.159 e. The van der Waals surface area contributed by atoms with Gasteiger partial charge in [0.05, 0.1) is 6.20 Å². The predicted molar refractivity (Wildman–Crippen MR) is 76.1 cm³/mol. The molecule has 1 aromatic rings. The summed E-state index contributed by atoms with van der Waals surface area (Å²) in [5.41, 5.74) is 4.89. The van der Waals surface area contributed by atoms with Crippen molar-refractivity contribution >= 4 is 17.6 Å². The summed E-state index contributed by atoms with van der Waals surface area (Å²) in [6, 6.07) is 0.539. The predicted octanol–water partition coefficient (Wildman–Crippen LogP) is -1.19. The van der Waals surface area contributed by atoms with Gasteiger partial charge in [-0.15, -0.1) is 5.10 Å². The Morgan fingerprint density at radius 1 is 1.30 bits per heavy atom. The number of nitrogens with one attached hydrogen (secondary N) is 1. The highest BCUT2D eigenvalue weighted by molar-refractivity contribution is 5.66. The summed E-state index contributed by atoms with van der Waals surface area (Å²) in [6.07, 6.45) is 6.08. The van der Waals surface area contributed by atoms with Crippen molar-refractivity contribution in [2.24, 2.45) is 0 Å². The van der Waals surface area contributed by atoms with Crippen LogP contribution >= 0.6 is 0 Å². The van der Waals surface area contributed by atoms with E-state index in [-0.39, 0.29) is 0 Å². The summed E-state index contributed by atoms with van der Waals surface area (Å²) in [5.74, 6) is 1.00. The summed E-state index contributed by atoms with van der Waals surface area (Å²) < 4.78 is 5.46. The average molecular weight is 273 g/mol.